The molecule has 0 unspecified atom stereocenters. The number of amides is 1. The molecule has 0 bridgehead atoms. The molecule has 11 heteroatoms. The van der Waals surface area contributed by atoms with E-state index < -0.39 is 54.6 Å². The lowest BCUT2D eigenvalue weighted by Gasteiger charge is -2.44. The summed E-state index contributed by atoms with van der Waals surface area (Å²) in [5, 5.41) is 2.50. The van der Waals surface area contributed by atoms with Gasteiger partial charge >= 0.3 is 24.0 Å². The maximum atomic E-state index is 12.1. The molecule has 1 rings (SSSR count). The van der Waals surface area contributed by atoms with Crippen LogP contribution in [0, 0.1) is 0 Å². The van der Waals surface area contributed by atoms with E-state index in [0.29, 0.717) is 0 Å². The Morgan fingerprint density at radius 1 is 1.00 bits per heavy atom. The molecular formula is C18H27NO10. The molecule has 11 nitrogen and oxygen atoms in total. The molecule has 1 aliphatic rings. The van der Waals surface area contributed by atoms with Crippen molar-refractivity contribution in [1.82, 2.24) is 5.32 Å². The fourth-order valence-electron chi connectivity index (χ4n) is 2.68. The largest absolute Gasteiger partial charge is 0.463 e. The highest BCUT2D eigenvalue weighted by Gasteiger charge is 2.51. The van der Waals surface area contributed by atoms with Crippen LogP contribution in [0.25, 0.3) is 0 Å². The van der Waals surface area contributed by atoms with Crippen molar-refractivity contribution in [1.29, 1.82) is 0 Å². The second-order valence-electron chi connectivity index (χ2n) is 6.01. The Morgan fingerprint density at radius 3 is 2.14 bits per heavy atom. The number of carbonyl (C=O) groups is 4. The van der Waals surface area contributed by atoms with Crippen LogP contribution in [0.15, 0.2) is 12.7 Å². The monoisotopic (exact) mass is 417 g/mol. The number of rotatable bonds is 9. The number of esters is 3. The minimum Gasteiger partial charge on any atom is -0.463 e. The molecule has 1 N–H and O–H groups in total. The summed E-state index contributed by atoms with van der Waals surface area (Å²) in [6, 6.07) is -1.07. The van der Waals surface area contributed by atoms with Crippen LogP contribution >= 0.6 is 0 Å². The molecule has 1 fully saturated rings. The number of hydrogen-bond acceptors (Lipinski definition) is 10. The summed E-state index contributed by atoms with van der Waals surface area (Å²) in [5.41, 5.74) is 0. The van der Waals surface area contributed by atoms with E-state index in [1.54, 1.807) is 6.92 Å². The van der Waals surface area contributed by atoms with Crippen LogP contribution in [0.3, 0.4) is 0 Å². The Hall–Kier alpha value is -2.66. The molecule has 0 aliphatic carbocycles. The second-order valence-corrected chi connectivity index (χ2v) is 6.01. The zero-order valence-corrected chi connectivity index (χ0v) is 16.9. The van der Waals surface area contributed by atoms with Crippen molar-refractivity contribution < 1.29 is 47.6 Å². The molecule has 1 aliphatic heterocycles. The van der Waals surface area contributed by atoms with Crippen LogP contribution in [0.5, 0.6) is 0 Å². The van der Waals surface area contributed by atoms with E-state index >= 15 is 0 Å². The fraction of sp³-hybridized carbons (Fsp3) is 0.667. The normalized spacial score (nSPS) is 26.0. The lowest BCUT2D eigenvalue weighted by molar-refractivity contribution is -0.276. The number of hydrogen-bond donors (Lipinski definition) is 1. The van der Waals surface area contributed by atoms with Gasteiger partial charge in [0.05, 0.1) is 0 Å². The Labute approximate surface area is 168 Å². The lowest BCUT2D eigenvalue weighted by Crippen LogP contribution is -2.66. The van der Waals surface area contributed by atoms with E-state index in [0.717, 1.165) is 13.8 Å². The quantitative estimate of drug-likeness (QED) is 0.320. The first kappa shape index (κ1) is 24.4. The van der Waals surface area contributed by atoms with Crippen molar-refractivity contribution in [2.24, 2.45) is 0 Å². The minimum absolute atomic E-state index is 0.0562. The first-order valence-corrected chi connectivity index (χ1v) is 8.98. The summed E-state index contributed by atoms with van der Waals surface area (Å²) in [6.45, 7) is 8.49. The van der Waals surface area contributed by atoms with E-state index in [9.17, 15) is 19.2 Å². The van der Waals surface area contributed by atoms with Gasteiger partial charge in [-0.25, -0.2) is 4.79 Å². The first-order chi connectivity index (χ1) is 13.7. The number of ether oxygens (including phenoxy) is 6. The molecule has 0 aromatic heterocycles. The predicted octanol–water partition coefficient (Wildman–Crippen LogP) is 0.455. The van der Waals surface area contributed by atoms with Gasteiger partial charge in [0, 0.05) is 27.4 Å². The van der Waals surface area contributed by atoms with Gasteiger partial charge in [0.1, 0.15) is 25.4 Å². The Morgan fingerprint density at radius 2 is 1.62 bits per heavy atom. The van der Waals surface area contributed by atoms with Crippen molar-refractivity contribution in [3.63, 3.8) is 0 Å². The molecular weight excluding hydrogens is 390 g/mol. The molecule has 0 radical (unpaired) electrons. The third-order valence-corrected chi connectivity index (χ3v) is 3.65. The van der Waals surface area contributed by atoms with Crippen molar-refractivity contribution in [2.75, 3.05) is 19.8 Å². The molecule has 0 aromatic rings. The Balaban J connectivity index is 3.22. The standard InChI is InChI=1S/C18H27NO10/c1-6-8-25-18(23)19-14-16(28-12(5)22)15(27-11(4)21)13(9-26-10(3)20)29-17(14)24-7-2/h6,13-17H,1,7-9H2,2-5H3,(H,19,23)/t13-,14-,15-,16-,17-/m1/s1. The van der Waals surface area contributed by atoms with Crippen LogP contribution in [0.2, 0.25) is 0 Å². The van der Waals surface area contributed by atoms with Gasteiger partial charge in [0.25, 0.3) is 0 Å². The molecule has 0 spiro atoms. The SMILES string of the molecule is C=CCOC(=O)N[C@H]1[C@H](OCC)O[C@H](COC(C)=O)[C@@H](OC(C)=O)[C@@H]1OC(C)=O. The smallest absolute Gasteiger partial charge is 0.407 e. The molecule has 29 heavy (non-hydrogen) atoms. The van der Waals surface area contributed by atoms with Gasteiger partial charge in [-0.05, 0) is 6.92 Å². The average Bonchev–Trinajstić information content (AvgIpc) is 2.62. The summed E-state index contributed by atoms with van der Waals surface area (Å²) in [6.07, 6.45) is -3.97. The van der Waals surface area contributed by atoms with Crippen LogP contribution in [-0.4, -0.2) is 74.5 Å². The van der Waals surface area contributed by atoms with E-state index in [-0.39, 0.29) is 19.8 Å². The van der Waals surface area contributed by atoms with Gasteiger partial charge in [-0.1, -0.05) is 12.7 Å². The molecule has 1 heterocycles. The third kappa shape index (κ3) is 8.08. The summed E-state index contributed by atoms with van der Waals surface area (Å²) < 4.78 is 31.7. The molecule has 1 saturated heterocycles. The zero-order chi connectivity index (χ0) is 22.0. The number of carbonyl (C=O) groups excluding carboxylic acids is 4. The van der Waals surface area contributed by atoms with Gasteiger partial charge in [-0.3, -0.25) is 14.4 Å². The highest BCUT2D eigenvalue weighted by molar-refractivity contribution is 5.69. The van der Waals surface area contributed by atoms with E-state index in [1.165, 1.54) is 13.0 Å². The summed E-state index contributed by atoms with van der Waals surface area (Å²) >= 11 is 0. The lowest BCUT2D eigenvalue weighted by atomic mass is 9.96. The van der Waals surface area contributed by atoms with Gasteiger partial charge < -0.3 is 33.7 Å². The first-order valence-electron chi connectivity index (χ1n) is 8.98. The topological polar surface area (TPSA) is 136 Å². The van der Waals surface area contributed by atoms with Crippen LogP contribution < -0.4 is 5.32 Å². The van der Waals surface area contributed by atoms with E-state index in [4.69, 9.17) is 28.4 Å². The predicted molar refractivity (Wildman–Crippen MR) is 96.5 cm³/mol. The van der Waals surface area contributed by atoms with Crippen LogP contribution in [0.4, 0.5) is 4.79 Å². The summed E-state index contributed by atoms with van der Waals surface area (Å²) in [4.78, 5) is 46.6. The zero-order valence-electron chi connectivity index (χ0n) is 16.9. The van der Waals surface area contributed by atoms with E-state index in [1.807, 2.05) is 0 Å². The summed E-state index contributed by atoms with van der Waals surface area (Å²) in [5.74, 6) is -1.96. The van der Waals surface area contributed by atoms with Gasteiger partial charge in [0.15, 0.2) is 18.5 Å². The molecule has 0 saturated carbocycles. The Kier molecular flexibility index (Phi) is 10.1. The molecule has 1 amide bonds. The minimum atomic E-state index is -1.20. The number of alkyl carbamates (subject to hydrolysis) is 1. The third-order valence-electron chi connectivity index (χ3n) is 3.65. The van der Waals surface area contributed by atoms with Gasteiger partial charge in [-0.15, -0.1) is 0 Å². The van der Waals surface area contributed by atoms with E-state index in [2.05, 4.69) is 11.9 Å². The number of nitrogens with one attached hydrogen (secondary N) is 1. The van der Waals surface area contributed by atoms with Crippen molar-refractivity contribution >= 4 is 24.0 Å². The molecule has 0 aromatic carbocycles. The fourth-order valence-corrected chi connectivity index (χ4v) is 2.68. The maximum Gasteiger partial charge on any atom is 0.407 e. The van der Waals surface area contributed by atoms with Crippen LogP contribution in [0.1, 0.15) is 27.7 Å². The van der Waals surface area contributed by atoms with Gasteiger partial charge in [0.2, 0.25) is 0 Å². The second kappa shape index (κ2) is 12.0. The maximum absolute atomic E-state index is 12.1. The van der Waals surface area contributed by atoms with Gasteiger partial charge in [-0.2, -0.15) is 0 Å². The highest BCUT2D eigenvalue weighted by atomic mass is 16.7. The van der Waals surface area contributed by atoms with Crippen LogP contribution in [-0.2, 0) is 42.8 Å². The average molecular weight is 417 g/mol. The summed E-state index contributed by atoms with van der Waals surface area (Å²) in [7, 11) is 0. The highest BCUT2D eigenvalue weighted by Crippen LogP contribution is 2.28. The molecule has 5 atom stereocenters. The molecule has 164 valence electrons. The van der Waals surface area contributed by atoms with Crippen molar-refractivity contribution in [3.05, 3.63) is 12.7 Å². The Bertz CT molecular complexity index is 607. The van der Waals surface area contributed by atoms with Crippen molar-refractivity contribution in [2.45, 2.75) is 58.3 Å². The van der Waals surface area contributed by atoms with Crippen molar-refractivity contribution in [3.8, 4) is 0 Å².